The maximum Gasteiger partial charge on any atom is 0.494 e. The van der Waals surface area contributed by atoms with E-state index in [9.17, 15) is 0 Å². The predicted molar refractivity (Wildman–Crippen MR) is 394 cm³/mol. The van der Waals surface area contributed by atoms with E-state index in [1.54, 1.807) is 22.7 Å². The van der Waals surface area contributed by atoms with Crippen molar-refractivity contribution < 1.29 is 18.1 Å². The molecule has 450 valence electrons. The number of rotatable bonds is 6. The minimum absolute atomic E-state index is 0.277. The first kappa shape index (κ1) is 57.5. The summed E-state index contributed by atoms with van der Waals surface area (Å²) in [5.41, 5.74) is 15.4. The Kier molecular flexibility index (Phi) is 14.1. The SMILES string of the molecule is CC1(C)OB(c2ccc3c(c2)oc2ccccc23)OC1(C)C.Clc1nc(-c2ccc(-c3ccc4ccccc4c3)cc2)c2sc3ccccc3c2n1.c1ccc2cc(-c3ccc(-c4nc(-c5ccc6c(c5)oc5ccccc56)nc5c4sc4ccccc45)cc3)ccc2c1. The molecule has 0 aliphatic carbocycles. The summed E-state index contributed by atoms with van der Waals surface area (Å²) >= 11 is 9.76. The quantitative estimate of drug-likeness (QED) is 0.120. The van der Waals surface area contributed by atoms with Crippen LogP contribution in [0, 0.1) is 0 Å². The van der Waals surface area contributed by atoms with Gasteiger partial charge in [0, 0.05) is 58.4 Å². The van der Waals surface area contributed by atoms with Crippen LogP contribution in [0.5, 0.6) is 0 Å². The van der Waals surface area contributed by atoms with Crippen LogP contribution in [0.15, 0.2) is 276 Å². The highest BCUT2D eigenvalue weighted by molar-refractivity contribution is 7.26. The Labute approximate surface area is 554 Å². The average Bonchev–Trinajstić information content (AvgIpc) is 1.59. The molecule has 1 aliphatic heterocycles. The van der Waals surface area contributed by atoms with Gasteiger partial charge in [0.15, 0.2) is 5.82 Å². The summed E-state index contributed by atoms with van der Waals surface area (Å²) in [5, 5.41) is 12.0. The van der Waals surface area contributed by atoms with Crippen LogP contribution in [0.1, 0.15) is 27.7 Å². The molecule has 94 heavy (non-hydrogen) atoms. The molecule has 12 aromatic carbocycles. The molecule has 0 radical (unpaired) electrons. The lowest BCUT2D eigenvalue weighted by atomic mass is 9.79. The Hall–Kier alpha value is -10.4. The lowest BCUT2D eigenvalue weighted by molar-refractivity contribution is 0.00578. The van der Waals surface area contributed by atoms with Crippen molar-refractivity contribution in [3.8, 4) is 56.2 Å². The van der Waals surface area contributed by atoms with Crippen LogP contribution < -0.4 is 5.46 Å². The molecule has 1 saturated heterocycles. The minimum atomic E-state index is -0.359. The molecular weight excluding hydrogens is 1220 g/mol. The molecule has 0 unspecified atom stereocenters. The minimum Gasteiger partial charge on any atom is -0.456 e. The number of aromatic nitrogens is 4. The summed E-state index contributed by atoms with van der Waals surface area (Å²) < 4.78 is 28.9. The molecule has 8 nitrogen and oxygen atoms in total. The van der Waals surface area contributed by atoms with Crippen molar-refractivity contribution in [2.75, 3.05) is 0 Å². The van der Waals surface area contributed by atoms with Crippen LogP contribution >= 0.6 is 34.3 Å². The summed E-state index contributed by atoms with van der Waals surface area (Å²) in [6, 6.07) is 92.9. The van der Waals surface area contributed by atoms with Crippen LogP contribution in [0.4, 0.5) is 0 Å². The summed E-state index contributed by atoms with van der Waals surface area (Å²) in [6.45, 7) is 8.25. The van der Waals surface area contributed by atoms with Crippen molar-refractivity contribution in [2.45, 2.75) is 38.9 Å². The fourth-order valence-corrected chi connectivity index (χ4v) is 15.3. The molecule has 12 heteroatoms. The van der Waals surface area contributed by atoms with Crippen molar-refractivity contribution >= 4 is 153 Å². The second kappa shape index (κ2) is 23.0. The number of hydrogen-bond acceptors (Lipinski definition) is 10. The zero-order valence-electron chi connectivity index (χ0n) is 51.6. The number of thiophene rings is 2. The van der Waals surface area contributed by atoms with Gasteiger partial charge in [-0.1, -0.05) is 212 Å². The fraction of sp³-hybridized carbons (Fsp3) is 0.0732. The van der Waals surface area contributed by atoms with Gasteiger partial charge in [-0.2, -0.15) is 0 Å². The molecule has 7 heterocycles. The lowest BCUT2D eigenvalue weighted by Gasteiger charge is -2.32. The third-order valence-electron chi connectivity index (χ3n) is 18.5. The van der Waals surface area contributed by atoms with E-state index in [1.165, 1.54) is 53.2 Å². The average molecular weight is 1270 g/mol. The van der Waals surface area contributed by atoms with Crippen LogP contribution in [-0.2, 0) is 9.31 Å². The maximum atomic E-state index is 6.30. The molecule has 1 aliphatic rings. The Bertz CT molecular complexity index is 5980. The summed E-state index contributed by atoms with van der Waals surface area (Å²) in [6.07, 6.45) is 0. The summed E-state index contributed by atoms with van der Waals surface area (Å²) in [4.78, 5) is 19.4. The van der Waals surface area contributed by atoms with Gasteiger partial charge < -0.3 is 18.1 Å². The molecule has 0 N–H and O–H groups in total. The first-order valence-corrected chi connectivity index (χ1v) is 33.3. The summed E-state index contributed by atoms with van der Waals surface area (Å²) in [5.74, 6) is 0.696. The topological polar surface area (TPSA) is 96.3 Å². The second-order valence-corrected chi connectivity index (χ2v) is 27.3. The molecule has 18 aromatic rings. The number of nitrogens with zero attached hydrogens (tertiary/aromatic N) is 4. The largest absolute Gasteiger partial charge is 0.494 e. The van der Waals surface area contributed by atoms with Crippen molar-refractivity contribution in [1.29, 1.82) is 0 Å². The van der Waals surface area contributed by atoms with Gasteiger partial charge in [-0.3, -0.25) is 0 Å². The molecule has 0 bridgehead atoms. The third-order valence-corrected chi connectivity index (χ3v) is 21.0. The Balaban J connectivity index is 0.000000113. The highest BCUT2D eigenvalue weighted by Gasteiger charge is 2.51. The van der Waals surface area contributed by atoms with Crippen LogP contribution in [0.25, 0.3) is 162 Å². The van der Waals surface area contributed by atoms with Gasteiger partial charge in [-0.05, 0) is 143 Å². The van der Waals surface area contributed by atoms with Gasteiger partial charge in [0.1, 0.15) is 22.3 Å². The van der Waals surface area contributed by atoms with Crippen molar-refractivity contribution in [3.05, 3.63) is 272 Å². The molecule has 19 rings (SSSR count). The van der Waals surface area contributed by atoms with E-state index in [4.69, 9.17) is 39.7 Å². The Morgan fingerprint density at radius 2 is 0.734 bits per heavy atom. The number of benzene rings is 12. The summed E-state index contributed by atoms with van der Waals surface area (Å²) in [7, 11) is -0.359. The fourth-order valence-electron chi connectivity index (χ4n) is 12.8. The molecular formula is C82H56BClN4O4S2. The normalized spacial score (nSPS) is 13.6. The Morgan fingerprint density at radius 1 is 0.330 bits per heavy atom. The van der Waals surface area contributed by atoms with E-state index >= 15 is 0 Å². The zero-order chi connectivity index (χ0) is 63.2. The Morgan fingerprint density at radius 3 is 1.28 bits per heavy atom. The van der Waals surface area contributed by atoms with Crippen molar-refractivity contribution in [2.24, 2.45) is 0 Å². The van der Waals surface area contributed by atoms with Crippen LogP contribution in [0.3, 0.4) is 0 Å². The zero-order valence-corrected chi connectivity index (χ0v) is 54.0. The maximum absolute atomic E-state index is 6.30. The van der Waals surface area contributed by atoms with Crippen molar-refractivity contribution in [3.63, 3.8) is 0 Å². The highest BCUT2D eigenvalue weighted by Crippen LogP contribution is 2.43. The smallest absolute Gasteiger partial charge is 0.456 e. The third kappa shape index (κ3) is 10.3. The molecule has 6 aromatic heterocycles. The van der Waals surface area contributed by atoms with E-state index in [0.29, 0.717) is 5.82 Å². The first-order valence-electron chi connectivity index (χ1n) is 31.3. The van der Waals surface area contributed by atoms with Gasteiger partial charge in [0.25, 0.3) is 0 Å². The molecule has 1 fully saturated rings. The number of fused-ring (bicyclic) bond motifs is 14. The second-order valence-electron chi connectivity index (χ2n) is 24.8. The van der Waals surface area contributed by atoms with E-state index in [0.717, 1.165) is 109 Å². The number of hydrogen-bond donors (Lipinski definition) is 0. The van der Waals surface area contributed by atoms with Gasteiger partial charge in [0.2, 0.25) is 5.28 Å². The molecule has 0 saturated carbocycles. The lowest BCUT2D eigenvalue weighted by Crippen LogP contribution is -2.41. The van der Waals surface area contributed by atoms with Gasteiger partial charge >= 0.3 is 7.12 Å². The van der Waals surface area contributed by atoms with Crippen molar-refractivity contribution in [1.82, 2.24) is 19.9 Å². The van der Waals surface area contributed by atoms with Gasteiger partial charge in [0.05, 0.1) is 43.0 Å². The molecule has 0 amide bonds. The number of furan rings is 2. The van der Waals surface area contributed by atoms with Crippen LogP contribution in [-0.4, -0.2) is 38.3 Å². The van der Waals surface area contributed by atoms with E-state index in [-0.39, 0.29) is 23.6 Å². The predicted octanol–water partition coefficient (Wildman–Crippen LogP) is 22.8. The van der Waals surface area contributed by atoms with Gasteiger partial charge in [-0.15, -0.1) is 22.7 Å². The number of halogens is 1. The highest BCUT2D eigenvalue weighted by atomic mass is 35.5. The van der Waals surface area contributed by atoms with Crippen LogP contribution in [0.2, 0.25) is 5.28 Å². The number of para-hydroxylation sites is 2. The van der Waals surface area contributed by atoms with E-state index in [2.05, 4.69) is 250 Å². The van der Waals surface area contributed by atoms with Gasteiger partial charge in [-0.25, -0.2) is 19.9 Å². The van der Waals surface area contributed by atoms with E-state index in [1.807, 2.05) is 54.6 Å². The first-order chi connectivity index (χ1) is 45.9. The monoisotopic (exact) mass is 1270 g/mol. The standard InChI is InChI=1S/C38H22N2OS.C26H15ClN2S.C18H19BO3/c1-2-8-26-21-27(18-15-23(26)7-1)24-13-16-25(17-14-24)35-37-36(31-10-4-6-12-34(31)42-37)40-38(39-35)28-19-20-30-29-9-3-5-11-32(29)41-33(30)22-28;27-26-28-23(25-24(29-26)21-7-3-4-8-22(21)30-25)18-12-9-17(10-13-18)20-14-11-16-5-1-2-6-19(16)15-20;1-17(2)18(3,4)22-19(21-17)12-9-10-14-13-7-5-6-8-15(13)20-16(14)11-12/h1-22H;1-15H;5-11H,1-4H3. The van der Waals surface area contributed by atoms with E-state index < -0.39 is 0 Å². The molecule has 0 spiro atoms. The molecule has 0 atom stereocenters.